The number of hydrogen-bond donors (Lipinski definition) is 0. The van der Waals surface area contributed by atoms with Crippen molar-refractivity contribution >= 4 is 5.78 Å². The van der Waals surface area contributed by atoms with E-state index in [1.807, 2.05) is 0 Å². The van der Waals surface area contributed by atoms with Crippen LogP contribution in [-0.2, 0) is 0 Å². The SMILES string of the molecule is O=C(c1ccccc1)C(Oc1ccccc1)[N+](=O)[O-]. The van der Waals surface area contributed by atoms with E-state index in [4.69, 9.17) is 4.74 Å². The molecule has 0 aliphatic heterocycles. The Morgan fingerprint density at radius 1 is 1.00 bits per heavy atom. The maximum atomic E-state index is 12.0. The molecule has 1 unspecified atom stereocenters. The molecule has 0 aliphatic rings. The van der Waals surface area contributed by atoms with E-state index in [-0.39, 0.29) is 11.3 Å². The number of rotatable bonds is 5. The fraction of sp³-hybridized carbons (Fsp3) is 0.0714. The molecule has 0 fully saturated rings. The van der Waals surface area contributed by atoms with Crippen molar-refractivity contribution in [1.29, 1.82) is 0 Å². The van der Waals surface area contributed by atoms with Gasteiger partial charge in [0.15, 0.2) is 0 Å². The van der Waals surface area contributed by atoms with Gasteiger partial charge in [-0.25, -0.2) is 0 Å². The van der Waals surface area contributed by atoms with Gasteiger partial charge in [0.25, 0.3) is 5.78 Å². The molecule has 0 N–H and O–H groups in total. The van der Waals surface area contributed by atoms with Crippen molar-refractivity contribution in [2.75, 3.05) is 0 Å². The Hall–Kier alpha value is -2.69. The summed E-state index contributed by atoms with van der Waals surface area (Å²) >= 11 is 0. The topological polar surface area (TPSA) is 69.4 Å². The van der Waals surface area contributed by atoms with E-state index in [2.05, 4.69) is 0 Å². The van der Waals surface area contributed by atoms with Crippen LogP contribution in [0.2, 0.25) is 0 Å². The molecule has 5 heteroatoms. The van der Waals surface area contributed by atoms with Crippen molar-refractivity contribution in [2.45, 2.75) is 6.23 Å². The maximum Gasteiger partial charge on any atom is 0.418 e. The van der Waals surface area contributed by atoms with Crippen LogP contribution in [0.4, 0.5) is 0 Å². The number of para-hydroxylation sites is 1. The van der Waals surface area contributed by atoms with Crippen molar-refractivity contribution in [3.63, 3.8) is 0 Å². The lowest BCUT2D eigenvalue weighted by Crippen LogP contribution is -2.35. The van der Waals surface area contributed by atoms with Crippen molar-refractivity contribution in [3.8, 4) is 5.75 Å². The first-order chi connectivity index (χ1) is 9.18. The summed E-state index contributed by atoms with van der Waals surface area (Å²) in [5, 5.41) is 11.0. The van der Waals surface area contributed by atoms with E-state index in [1.54, 1.807) is 48.5 Å². The zero-order valence-electron chi connectivity index (χ0n) is 9.93. The fourth-order valence-electron chi connectivity index (χ4n) is 1.57. The highest BCUT2D eigenvalue weighted by Crippen LogP contribution is 2.14. The summed E-state index contributed by atoms with van der Waals surface area (Å²) in [6.45, 7) is 0. The van der Waals surface area contributed by atoms with Crippen LogP contribution in [0.5, 0.6) is 5.75 Å². The van der Waals surface area contributed by atoms with Gasteiger partial charge < -0.3 is 4.74 Å². The van der Waals surface area contributed by atoms with Crippen molar-refractivity contribution < 1.29 is 14.5 Å². The molecule has 0 aromatic heterocycles. The summed E-state index contributed by atoms with van der Waals surface area (Å²) in [5.41, 5.74) is 0.250. The third kappa shape index (κ3) is 3.16. The monoisotopic (exact) mass is 257 g/mol. The van der Waals surface area contributed by atoms with E-state index in [0.717, 1.165) is 0 Å². The first kappa shape index (κ1) is 12.8. The van der Waals surface area contributed by atoms with E-state index in [9.17, 15) is 14.9 Å². The lowest BCUT2D eigenvalue weighted by molar-refractivity contribution is -0.543. The average molecular weight is 257 g/mol. The number of ketones is 1. The predicted octanol–water partition coefficient (Wildman–Crippen LogP) is 2.55. The average Bonchev–Trinajstić information content (AvgIpc) is 2.46. The number of benzene rings is 2. The summed E-state index contributed by atoms with van der Waals surface area (Å²) in [5.74, 6) is -0.386. The van der Waals surface area contributed by atoms with Crippen LogP contribution in [0.3, 0.4) is 0 Å². The summed E-state index contributed by atoms with van der Waals surface area (Å²) in [6, 6.07) is 16.3. The molecule has 0 spiro atoms. The first-order valence-electron chi connectivity index (χ1n) is 5.63. The minimum absolute atomic E-state index is 0.250. The van der Waals surface area contributed by atoms with Gasteiger partial charge in [-0.1, -0.05) is 48.5 Å². The van der Waals surface area contributed by atoms with Gasteiger partial charge >= 0.3 is 6.23 Å². The number of carbonyl (C=O) groups is 1. The summed E-state index contributed by atoms with van der Waals surface area (Å²) < 4.78 is 5.14. The fourth-order valence-corrected chi connectivity index (χ4v) is 1.57. The Morgan fingerprint density at radius 2 is 1.53 bits per heavy atom. The molecule has 1 atom stereocenters. The third-order valence-electron chi connectivity index (χ3n) is 2.46. The lowest BCUT2D eigenvalue weighted by Gasteiger charge is -2.10. The van der Waals surface area contributed by atoms with E-state index in [0.29, 0.717) is 0 Å². The predicted molar refractivity (Wildman–Crippen MR) is 68.6 cm³/mol. The molecule has 0 saturated carbocycles. The molecule has 0 saturated heterocycles. The van der Waals surface area contributed by atoms with Crippen molar-refractivity contribution in [3.05, 3.63) is 76.3 Å². The Labute approximate surface area is 109 Å². The Kier molecular flexibility index (Phi) is 3.87. The van der Waals surface area contributed by atoms with Gasteiger partial charge in [0, 0.05) is 5.56 Å². The second-order valence-electron chi connectivity index (χ2n) is 3.80. The minimum Gasteiger partial charge on any atom is -0.424 e. The largest absolute Gasteiger partial charge is 0.424 e. The summed E-state index contributed by atoms with van der Waals surface area (Å²) in [6.07, 6.45) is -1.73. The Balaban J connectivity index is 2.22. The normalized spacial score (nSPS) is 11.6. The molecule has 0 bridgehead atoms. The number of Topliss-reactive ketones (excluding diaryl/α,β-unsaturated/α-hetero) is 1. The van der Waals surface area contributed by atoms with Crippen LogP contribution in [0.1, 0.15) is 10.4 Å². The van der Waals surface area contributed by atoms with Crippen LogP contribution in [0.15, 0.2) is 60.7 Å². The Bertz CT molecular complexity index is 569. The summed E-state index contributed by atoms with van der Waals surface area (Å²) in [4.78, 5) is 22.3. The number of ether oxygens (including phenoxy) is 1. The van der Waals surface area contributed by atoms with Gasteiger partial charge in [0.05, 0.1) is 4.92 Å². The van der Waals surface area contributed by atoms with Crippen molar-refractivity contribution in [1.82, 2.24) is 0 Å². The van der Waals surface area contributed by atoms with Gasteiger partial charge in [-0.05, 0) is 12.1 Å². The van der Waals surface area contributed by atoms with Crippen LogP contribution in [0, 0.1) is 10.1 Å². The van der Waals surface area contributed by atoms with Gasteiger partial charge in [-0.3, -0.25) is 14.9 Å². The Morgan fingerprint density at radius 3 is 2.05 bits per heavy atom. The highest BCUT2D eigenvalue weighted by molar-refractivity contribution is 5.98. The molecular formula is C14H11NO4. The van der Waals surface area contributed by atoms with Crippen LogP contribution in [-0.4, -0.2) is 16.9 Å². The van der Waals surface area contributed by atoms with Gasteiger partial charge in [0.2, 0.25) is 0 Å². The molecule has 0 amide bonds. The number of carbonyl (C=O) groups excluding carboxylic acids is 1. The standard InChI is InChI=1S/C14H11NO4/c16-13(11-7-3-1-4-8-11)14(15(17)18)19-12-9-5-2-6-10-12/h1-10,14H. The van der Waals surface area contributed by atoms with Crippen LogP contribution >= 0.6 is 0 Å². The zero-order chi connectivity index (χ0) is 13.7. The summed E-state index contributed by atoms with van der Waals surface area (Å²) in [7, 11) is 0. The molecule has 2 rings (SSSR count). The highest BCUT2D eigenvalue weighted by atomic mass is 16.7. The van der Waals surface area contributed by atoms with Gasteiger partial charge in [-0.15, -0.1) is 0 Å². The van der Waals surface area contributed by atoms with E-state index in [1.165, 1.54) is 12.1 Å². The molecule has 0 radical (unpaired) electrons. The maximum absolute atomic E-state index is 12.0. The molecule has 19 heavy (non-hydrogen) atoms. The molecule has 2 aromatic rings. The van der Waals surface area contributed by atoms with Crippen LogP contribution < -0.4 is 4.74 Å². The van der Waals surface area contributed by atoms with Crippen molar-refractivity contribution in [2.24, 2.45) is 0 Å². The van der Waals surface area contributed by atoms with Crippen LogP contribution in [0.25, 0.3) is 0 Å². The zero-order valence-corrected chi connectivity index (χ0v) is 9.93. The van der Waals surface area contributed by atoms with E-state index >= 15 is 0 Å². The quantitative estimate of drug-likeness (QED) is 0.357. The third-order valence-corrected chi connectivity index (χ3v) is 2.46. The molecule has 0 aliphatic carbocycles. The molecule has 5 nitrogen and oxygen atoms in total. The lowest BCUT2D eigenvalue weighted by atomic mass is 10.1. The molecule has 96 valence electrons. The molecular weight excluding hydrogens is 246 g/mol. The number of nitrogens with zero attached hydrogens (tertiary/aromatic N) is 1. The number of hydrogen-bond acceptors (Lipinski definition) is 4. The molecule has 2 aromatic carbocycles. The second-order valence-corrected chi connectivity index (χ2v) is 3.80. The minimum atomic E-state index is -1.73. The second kappa shape index (κ2) is 5.77. The van der Waals surface area contributed by atoms with E-state index < -0.39 is 16.9 Å². The van der Waals surface area contributed by atoms with Gasteiger partial charge in [-0.2, -0.15) is 0 Å². The van der Waals surface area contributed by atoms with Gasteiger partial charge in [0.1, 0.15) is 5.75 Å². The highest BCUT2D eigenvalue weighted by Gasteiger charge is 2.32. The molecule has 0 heterocycles. The number of nitro groups is 1. The smallest absolute Gasteiger partial charge is 0.418 e. The first-order valence-corrected chi connectivity index (χ1v) is 5.63.